The summed E-state index contributed by atoms with van der Waals surface area (Å²) in [5.74, 6) is 3.06. The van der Waals surface area contributed by atoms with Crippen LogP contribution in [0.15, 0.2) is 27.8 Å². The predicted octanol–water partition coefficient (Wildman–Crippen LogP) is 2.52. The third-order valence-electron chi connectivity index (χ3n) is 3.58. The minimum atomic E-state index is 0.220. The number of rotatable bonds is 4. The van der Waals surface area contributed by atoms with Crippen LogP contribution in [0.25, 0.3) is 0 Å². The van der Waals surface area contributed by atoms with Crippen LogP contribution in [0.1, 0.15) is 30.3 Å². The molecular formula is C14H15N3O3S. The number of nitrogens with zero attached hydrogens (tertiary/aromatic N) is 2. The second kappa shape index (κ2) is 5.57. The van der Waals surface area contributed by atoms with Gasteiger partial charge in [0.05, 0.1) is 6.04 Å². The van der Waals surface area contributed by atoms with Gasteiger partial charge in [-0.05, 0) is 37.1 Å². The Morgan fingerprint density at radius 1 is 1.24 bits per heavy atom. The summed E-state index contributed by atoms with van der Waals surface area (Å²) in [6.45, 7) is 1.32. The molecule has 110 valence electrons. The molecule has 0 bridgehead atoms. The van der Waals surface area contributed by atoms with Gasteiger partial charge in [-0.1, -0.05) is 17.8 Å². The molecule has 0 saturated carbocycles. The first kappa shape index (κ1) is 13.0. The lowest BCUT2D eigenvalue weighted by atomic mass is 10.2. The van der Waals surface area contributed by atoms with E-state index in [-0.39, 0.29) is 6.04 Å². The van der Waals surface area contributed by atoms with Gasteiger partial charge in [0.15, 0.2) is 11.5 Å². The van der Waals surface area contributed by atoms with Crippen molar-refractivity contribution in [3.8, 4) is 11.5 Å². The van der Waals surface area contributed by atoms with Crippen LogP contribution in [0.2, 0.25) is 0 Å². The molecule has 0 unspecified atom stereocenters. The fraction of sp³-hybridized carbons (Fsp3) is 0.429. The van der Waals surface area contributed by atoms with E-state index < -0.39 is 0 Å². The fourth-order valence-corrected chi connectivity index (χ4v) is 3.20. The molecule has 4 rings (SSSR count). The summed E-state index contributed by atoms with van der Waals surface area (Å²) in [6, 6.07) is 6.17. The molecule has 1 aromatic carbocycles. The molecule has 0 amide bonds. The monoisotopic (exact) mass is 305 g/mol. The van der Waals surface area contributed by atoms with Gasteiger partial charge in [0.25, 0.3) is 5.22 Å². The Morgan fingerprint density at radius 3 is 3.10 bits per heavy atom. The van der Waals surface area contributed by atoms with Gasteiger partial charge < -0.3 is 19.2 Å². The van der Waals surface area contributed by atoms with Gasteiger partial charge in [0, 0.05) is 5.75 Å². The van der Waals surface area contributed by atoms with Crippen molar-refractivity contribution in [2.75, 3.05) is 13.3 Å². The first-order valence-electron chi connectivity index (χ1n) is 6.96. The van der Waals surface area contributed by atoms with Crippen molar-refractivity contribution in [3.05, 3.63) is 29.7 Å². The summed E-state index contributed by atoms with van der Waals surface area (Å²) in [6.07, 6.45) is 2.22. The molecule has 1 atom stereocenters. The SMILES string of the molecule is c1cc2c(cc1CSc1nnc([C@@H]3CCCN3)o1)OCO2. The second-order valence-electron chi connectivity index (χ2n) is 5.03. The minimum Gasteiger partial charge on any atom is -0.454 e. The van der Waals surface area contributed by atoms with Crippen molar-refractivity contribution in [3.63, 3.8) is 0 Å². The Kier molecular flexibility index (Phi) is 3.44. The number of hydrogen-bond donors (Lipinski definition) is 1. The fourth-order valence-electron chi connectivity index (χ4n) is 2.49. The first-order chi connectivity index (χ1) is 10.4. The number of fused-ring (bicyclic) bond motifs is 1. The molecule has 0 spiro atoms. The van der Waals surface area contributed by atoms with E-state index in [0.29, 0.717) is 17.9 Å². The second-order valence-corrected chi connectivity index (χ2v) is 5.96. The zero-order valence-corrected chi connectivity index (χ0v) is 12.2. The maximum atomic E-state index is 5.70. The summed E-state index contributed by atoms with van der Waals surface area (Å²) in [4.78, 5) is 0. The molecule has 1 N–H and O–H groups in total. The molecule has 1 fully saturated rings. The minimum absolute atomic E-state index is 0.220. The van der Waals surface area contributed by atoms with Crippen LogP contribution in [-0.2, 0) is 5.75 Å². The Bertz CT molecular complexity index is 640. The van der Waals surface area contributed by atoms with E-state index >= 15 is 0 Å². The van der Waals surface area contributed by atoms with Crippen molar-refractivity contribution < 1.29 is 13.9 Å². The molecule has 1 saturated heterocycles. The van der Waals surface area contributed by atoms with Gasteiger partial charge >= 0.3 is 0 Å². The van der Waals surface area contributed by atoms with Gasteiger partial charge in [-0.2, -0.15) is 0 Å². The number of benzene rings is 1. The standard InChI is InChI=1S/C14H15N3O3S/c1-2-10(15-5-1)13-16-17-14(20-13)21-7-9-3-4-11-12(6-9)19-8-18-11/h3-4,6,10,15H,1-2,5,7-8H2/t10-/m0/s1. The van der Waals surface area contributed by atoms with Gasteiger partial charge in [-0.15, -0.1) is 10.2 Å². The highest BCUT2D eigenvalue weighted by atomic mass is 32.2. The van der Waals surface area contributed by atoms with Gasteiger partial charge in [-0.3, -0.25) is 0 Å². The molecule has 2 aromatic rings. The molecule has 3 heterocycles. The molecule has 1 aromatic heterocycles. The third-order valence-corrected chi connectivity index (χ3v) is 4.47. The van der Waals surface area contributed by atoms with E-state index in [0.717, 1.165) is 42.2 Å². The molecule has 0 radical (unpaired) electrons. The highest BCUT2D eigenvalue weighted by Gasteiger charge is 2.22. The molecule has 2 aliphatic rings. The maximum Gasteiger partial charge on any atom is 0.276 e. The number of aromatic nitrogens is 2. The molecule has 7 heteroatoms. The first-order valence-corrected chi connectivity index (χ1v) is 7.95. The summed E-state index contributed by atoms with van der Waals surface area (Å²) >= 11 is 1.53. The highest BCUT2D eigenvalue weighted by Crippen LogP contribution is 2.34. The topological polar surface area (TPSA) is 69.4 Å². The van der Waals surface area contributed by atoms with Crippen LogP contribution in [0.3, 0.4) is 0 Å². The zero-order valence-electron chi connectivity index (χ0n) is 11.4. The largest absolute Gasteiger partial charge is 0.454 e. The molecular weight excluding hydrogens is 290 g/mol. The maximum absolute atomic E-state index is 5.70. The van der Waals surface area contributed by atoms with Gasteiger partial charge in [-0.25, -0.2) is 0 Å². The highest BCUT2D eigenvalue weighted by molar-refractivity contribution is 7.98. The molecule has 21 heavy (non-hydrogen) atoms. The Hall–Kier alpha value is -1.73. The predicted molar refractivity (Wildman–Crippen MR) is 76.4 cm³/mol. The Labute approximate surface area is 126 Å². The third kappa shape index (κ3) is 2.71. The van der Waals surface area contributed by atoms with E-state index in [9.17, 15) is 0 Å². The van der Waals surface area contributed by atoms with Crippen molar-refractivity contribution in [1.82, 2.24) is 15.5 Å². The number of thioether (sulfide) groups is 1. The van der Waals surface area contributed by atoms with Crippen LogP contribution < -0.4 is 14.8 Å². The normalized spacial score (nSPS) is 20.1. The van der Waals surface area contributed by atoms with Crippen LogP contribution in [0, 0.1) is 0 Å². The average Bonchev–Trinajstić information content (AvgIpc) is 3.24. The molecule has 0 aliphatic carbocycles. The van der Waals surface area contributed by atoms with E-state index in [1.54, 1.807) is 0 Å². The van der Waals surface area contributed by atoms with Crippen LogP contribution in [-0.4, -0.2) is 23.5 Å². The molecule has 6 nitrogen and oxygen atoms in total. The van der Waals surface area contributed by atoms with Crippen molar-refractivity contribution >= 4 is 11.8 Å². The van der Waals surface area contributed by atoms with E-state index in [2.05, 4.69) is 15.5 Å². The number of ether oxygens (including phenoxy) is 2. The lowest BCUT2D eigenvalue weighted by Gasteiger charge is -2.02. The van der Waals surface area contributed by atoms with Crippen molar-refractivity contribution in [1.29, 1.82) is 0 Å². The summed E-state index contributed by atoms with van der Waals surface area (Å²) in [5.41, 5.74) is 1.14. The number of hydrogen-bond acceptors (Lipinski definition) is 7. The lowest BCUT2D eigenvalue weighted by molar-refractivity contribution is 0.174. The lowest BCUT2D eigenvalue weighted by Crippen LogP contribution is -2.12. The molecule has 2 aliphatic heterocycles. The summed E-state index contributed by atoms with van der Waals surface area (Å²) in [5, 5.41) is 12.2. The number of nitrogens with one attached hydrogen (secondary N) is 1. The summed E-state index contributed by atoms with van der Waals surface area (Å²) < 4.78 is 16.4. The summed E-state index contributed by atoms with van der Waals surface area (Å²) in [7, 11) is 0. The van der Waals surface area contributed by atoms with E-state index in [4.69, 9.17) is 13.9 Å². The van der Waals surface area contributed by atoms with Crippen LogP contribution in [0.5, 0.6) is 11.5 Å². The van der Waals surface area contributed by atoms with E-state index in [1.807, 2.05) is 18.2 Å². The quantitative estimate of drug-likeness (QED) is 0.870. The smallest absolute Gasteiger partial charge is 0.276 e. The average molecular weight is 305 g/mol. The zero-order chi connectivity index (χ0) is 14.1. The van der Waals surface area contributed by atoms with Crippen molar-refractivity contribution in [2.24, 2.45) is 0 Å². The van der Waals surface area contributed by atoms with Crippen LogP contribution in [0.4, 0.5) is 0 Å². The Balaban J connectivity index is 1.40. The Morgan fingerprint density at radius 2 is 2.19 bits per heavy atom. The van der Waals surface area contributed by atoms with Crippen molar-refractivity contribution in [2.45, 2.75) is 29.9 Å². The van der Waals surface area contributed by atoms with Gasteiger partial charge in [0.1, 0.15) is 0 Å². The van der Waals surface area contributed by atoms with Crippen LogP contribution >= 0.6 is 11.8 Å². The van der Waals surface area contributed by atoms with Gasteiger partial charge in [0.2, 0.25) is 12.7 Å². The van der Waals surface area contributed by atoms with E-state index in [1.165, 1.54) is 11.8 Å².